The molecule has 3 aromatic rings. The maximum atomic E-state index is 12.6. The van der Waals surface area contributed by atoms with E-state index in [4.69, 9.17) is 14.2 Å². The first-order chi connectivity index (χ1) is 14.0. The number of fused-ring (bicyclic) bond motifs is 1. The molecule has 3 rings (SSSR count). The Bertz CT molecular complexity index is 1060. The molecule has 2 aromatic carbocycles. The van der Waals surface area contributed by atoms with Crippen LogP contribution < -0.4 is 19.5 Å². The molecule has 29 heavy (non-hydrogen) atoms. The number of rotatable bonds is 8. The average Bonchev–Trinajstić information content (AvgIpc) is 3.14. The third-order valence-corrected chi connectivity index (χ3v) is 4.60. The molecule has 0 fully saturated rings. The van der Waals surface area contributed by atoms with Crippen LogP contribution in [0.4, 0.5) is 5.69 Å². The van der Waals surface area contributed by atoms with Gasteiger partial charge >= 0.3 is 0 Å². The molecule has 0 aliphatic carbocycles. The third kappa shape index (κ3) is 4.08. The van der Waals surface area contributed by atoms with Crippen molar-refractivity contribution in [3.63, 3.8) is 0 Å². The molecule has 1 aromatic heterocycles. The highest BCUT2D eigenvalue weighted by molar-refractivity contribution is 5.99. The number of H-pyrrole nitrogens is 1. The summed E-state index contributed by atoms with van der Waals surface area (Å²) in [6, 6.07) is 8.19. The van der Waals surface area contributed by atoms with Crippen molar-refractivity contribution in [2.45, 2.75) is 6.42 Å². The summed E-state index contributed by atoms with van der Waals surface area (Å²) >= 11 is 0. The van der Waals surface area contributed by atoms with E-state index in [9.17, 15) is 14.9 Å². The number of amides is 1. The summed E-state index contributed by atoms with van der Waals surface area (Å²) in [4.78, 5) is 26.5. The van der Waals surface area contributed by atoms with Gasteiger partial charge in [-0.1, -0.05) is 0 Å². The van der Waals surface area contributed by atoms with E-state index in [2.05, 4.69) is 10.3 Å². The number of ether oxygens (including phenoxy) is 3. The van der Waals surface area contributed by atoms with Gasteiger partial charge < -0.3 is 24.5 Å². The Labute approximate surface area is 166 Å². The normalized spacial score (nSPS) is 10.6. The molecule has 1 amide bonds. The summed E-state index contributed by atoms with van der Waals surface area (Å²) < 4.78 is 15.5. The minimum atomic E-state index is -0.622. The fourth-order valence-corrected chi connectivity index (χ4v) is 3.10. The first-order valence-corrected chi connectivity index (χ1v) is 8.81. The van der Waals surface area contributed by atoms with Gasteiger partial charge in [0.05, 0.1) is 32.3 Å². The molecule has 9 nitrogen and oxygen atoms in total. The Morgan fingerprint density at radius 3 is 2.48 bits per heavy atom. The Morgan fingerprint density at radius 1 is 1.10 bits per heavy atom. The lowest BCUT2D eigenvalue weighted by Crippen LogP contribution is -2.26. The van der Waals surface area contributed by atoms with E-state index in [-0.39, 0.29) is 22.7 Å². The van der Waals surface area contributed by atoms with Crippen LogP contribution in [0.1, 0.15) is 15.9 Å². The van der Waals surface area contributed by atoms with Crippen molar-refractivity contribution in [3.8, 4) is 17.2 Å². The molecule has 1 heterocycles. The number of nitrogens with one attached hydrogen (secondary N) is 2. The first kappa shape index (κ1) is 20.0. The van der Waals surface area contributed by atoms with Crippen molar-refractivity contribution < 1.29 is 23.9 Å². The number of carbonyl (C=O) groups excluding carboxylic acids is 1. The molecule has 152 valence electrons. The SMILES string of the molecule is COc1ccc2[nH]cc(CCNC(=O)c3cc(OC)c(OC)cc3[N+](=O)[O-])c2c1. The fourth-order valence-electron chi connectivity index (χ4n) is 3.10. The second kappa shape index (κ2) is 8.51. The van der Waals surface area contributed by atoms with Crippen LogP contribution in [0.3, 0.4) is 0 Å². The molecule has 0 unspecified atom stereocenters. The molecular formula is C20H21N3O6. The van der Waals surface area contributed by atoms with Gasteiger partial charge in [-0.05, 0) is 30.2 Å². The summed E-state index contributed by atoms with van der Waals surface area (Å²) in [7, 11) is 4.37. The number of methoxy groups -OCH3 is 3. The molecule has 2 N–H and O–H groups in total. The second-order valence-electron chi connectivity index (χ2n) is 6.21. The predicted octanol–water partition coefficient (Wildman–Crippen LogP) is 3.07. The monoisotopic (exact) mass is 399 g/mol. The zero-order chi connectivity index (χ0) is 21.0. The van der Waals surface area contributed by atoms with Gasteiger partial charge in [-0.15, -0.1) is 0 Å². The Hall–Kier alpha value is -3.75. The lowest BCUT2D eigenvalue weighted by atomic mass is 10.1. The van der Waals surface area contributed by atoms with Crippen molar-refractivity contribution in [3.05, 3.63) is 57.8 Å². The summed E-state index contributed by atoms with van der Waals surface area (Å²) in [6.45, 7) is 0.300. The van der Waals surface area contributed by atoms with E-state index in [1.165, 1.54) is 26.4 Å². The van der Waals surface area contributed by atoms with Crippen LogP contribution in [-0.2, 0) is 6.42 Å². The van der Waals surface area contributed by atoms with E-state index in [1.807, 2.05) is 24.4 Å². The van der Waals surface area contributed by atoms with Crippen LogP contribution in [0.5, 0.6) is 17.2 Å². The van der Waals surface area contributed by atoms with Crippen LogP contribution in [0.2, 0.25) is 0 Å². The van der Waals surface area contributed by atoms with Gasteiger partial charge in [-0.3, -0.25) is 14.9 Å². The summed E-state index contributed by atoms with van der Waals surface area (Å²) in [5.41, 5.74) is 1.52. The molecule has 0 radical (unpaired) electrons. The predicted molar refractivity (Wildman–Crippen MR) is 107 cm³/mol. The van der Waals surface area contributed by atoms with E-state index in [1.54, 1.807) is 7.11 Å². The van der Waals surface area contributed by atoms with Gasteiger partial charge in [0.15, 0.2) is 11.5 Å². The number of hydrogen-bond acceptors (Lipinski definition) is 6. The largest absolute Gasteiger partial charge is 0.497 e. The smallest absolute Gasteiger partial charge is 0.286 e. The molecule has 0 atom stereocenters. The topological polar surface area (TPSA) is 116 Å². The maximum absolute atomic E-state index is 12.6. The highest BCUT2D eigenvalue weighted by Gasteiger charge is 2.24. The minimum absolute atomic E-state index is 0.0896. The van der Waals surface area contributed by atoms with Crippen LogP contribution >= 0.6 is 0 Å². The van der Waals surface area contributed by atoms with Crippen LogP contribution in [0.25, 0.3) is 10.9 Å². The standard InChI is InChI=1S/C20H21N3O6/c1-27-13-4-5-16-14(8-13)12(11-22-16)6-7-21-20(24)15-9-18(28-2)19(29-3)10-17(15)23(25)26/h4-5,8-11,22H,6-7H2,1-3H3,(H,21,24). The second-order valence-corrected chi connectivity index (χ2v) is 6.21. The fraction of sp³-hybridized carbons (Fsp3) is 0.250. The van der Waals surface area contributed by atoms with Crippen molar-refractivity contribution in [1.82, 2.24) is 10.3 Å². The number of nitro benzene ring substituents is 1. The van der Waals surface area contributed by atoms with Gasteiger partial charge in [0.1, 0.15) is 11.3 Å². The third-order valence-electron chi connectivity index (χ3n) is 4.60. The molecule has 0 saturated heterocycles. The van der Waals surface area contributed by atoms with Crippen molar-refractivity contribution in [1.29, 1.82) is 0 Å². The maximum Gasteiger partial charge on any atom is 0.286 e. The first-order valence-electron chi connectivity index (χ1n) is 8.81. The highest BCUT2D eigenvalue weighted by Crippen LogP contribution is 2.34. The van der Waals surface area contributed by atoms with Crippen molar-refractivity contribution in [2.24, 2.45) is 0 Å². The van der Waals surface area contributed by atoms with Gasteiger partial charge in [-0.2, -0.15) is 0 Å². The number of nitrogens with zero attached hydrogens (tertiary/aromatic N) is 1. The number of benzene rings is 2. The molecule has 0 aliphatic rings. The van der Waals surface area contributed by atoms with Crippen LogP contribution in [0.15, 0.2) is 36.5 Å². The zero-order valence-corrected chi connectivity index (χ0v) is 16.3. The minimum Gasteiger partial charge on any atom is -0.497 e. The van der Waals surface area contributed by atoms with Crippen LogP contribution in [-0.4, -0.2) is 43.7 Å². The Kier molecular flexibility index (Phi) is 5.87. The van der Waals surface area contributed by atoms with E-state index >= 15 is 0 Å². The van der Waals surface area contributed by atoms with E-state index < -0.39 is 10.8 Å². The Balaban J connectivity index is 1.77. The zero-order valence-electron chi connectivity index (χ0n) is 16.3. The number of nitro groups is 1. The van der Waals surface area contributed by atoms with Crippen molar-refractivity contribution in [2.75, 3.05) is 27.9 Å². The number of carbonyl (C=O) groups is 1. The number of aromatic nitrogens is 1. The number of hydrogen-bond donors (Lipinski definition) is 2. The quantitative estimate of drug-likeness (QED) is 0.444. The number of aromatic amines is 1. The molecular weight excluding hydrogens is 378 g/mol. The highest BCUT2D eigenvalue weighted by atomic mass is 16.6. The molecule has 0 spiro atoms. The Morgan fingerprint density at radius 2 is 1.83 bits per heavy atom. The summed E-state index contributed by atoms with van der Waals surface area (Å²) in [6.07, 6.45) is 2.41. The van der Waals surface area contributed by atoms with Gasteiger partial charge in [0.25, 0.3) is 11.6 Å². The van der Waals surface area contributed by atoms with E-state index in [0.717, 1.165) is 22.2 Å². The van der Waals surface area contributed by atoms with Gasteiger partial charge in [0, 0.05) is 29.7 Å². The molecule has 0 saturated carbocycles. The molecule has 9 heteroatoms. The molecule has 0 aliphatic heterocycles. The van der Waals surface area contributed by atoms with Crippen LogP contribution in [0, 0.1) is 10.1 Å². The lowest BCUT2D eigenvalue weighted by molar-refractivity contribution is -0.385. The van der Waals surface area contributed by atoms with Gasteiger partial charge in [-0.25, -0.2) is 0 Å². The average molecular weight is 399 g/mol. The summed E-state index contributed by atoms with van der Waals surface area (Å²) in [5, 5.41) is 15.1. The van der Waals surface area contributed by atoms with Crippen molar-refractivity contribution >= 4 is 22.5 Å². The summed E-state index contributed by atoms with van der Waals surface area (Å²) in [5.74, 6) is 0.605. The lowest BCUT2D eigenvalue weighted by Gasteiger charge is -2.11. The van der Waals surface area contributed by atoms with E-state index in [0.29, 0.717) is 13.0 Å². The molecule has 0 bridgehead atoms. The van der Waals surface area contributed by atoms with Gasteiger partial charge in [0.2, 0.25) is 0 Å².